The van der Waals surface area contributed by atoms with E-state index in [9.17, 15) is 9.90 Å². The van der Waals surface area contributed by atoms with Gasteiger partial charge in [-0.3, -0.25) is 4.79 Å². The van der Waals surface area contributed by atoms with Crippen molar-refractivity contribution in [2.24, 2.45) is 0 Å². The molecule has 0 saturated carbocycles. The molecule has 0 saturated heterocycles. The fourth-order valence-corrected chi connectivity index (χ4v) is 1.42. The lowest BCUT2D eigenvalue weighted by Gasteiger charge is -2.05. The Labute approximate surface area is 97.7 Å². The number of hydrogen-bond acceptors (Lipinski definition) is 5. The van der Waals surface area contributed by atoms with Crippen molar-refractivity contribution < 1.29 is 14.6 Å². The molecule has 17 heavy (non-hydrogen) atoms. The monoisotopic (exact) mass is 230 g/mol. The number of phenols is 1. The molecule has 0 aliphatic heterocycles. The Hall–Kier alpha value is -2.43. The summed E-state index contributed by atoms with van der Waals surface area (Å²) in [6.07, 6.45) is 2.17. The van der Waals surface area contributed by atoms with Gasteiger partial charge in [-0.05, 0) is 18.2 Å². The number of aromatic hydroxyl groups is 1. The summed E-state index contributed by atoms with van der Waals surface area (Å²) >= 11 is 0. The van der Waals surface area contributed by atoms with Crippen molar-refractivity contribution in [3.05, 3.63) is 36.0 Å². The van der Waals surface area contributed by atoms with Crippen LogP contribution in [0.1, 0.15) is 10.4 Å². The third kappa shape index (κ3) is 2.23. The first kappa shape index (κ1) is 11.1. The smallest absolute Gasteiger partial charge is 0.150 e. The van der Waals surface area contributed by atoms with Crippen molar-refractivity contribution in [3.63, 3.8) is 0 Å². The molecule has 1 heterocycles. The molecule has 0 bridgehead atoms. The number of phenolic OH excluding ortho intramolecular Hbond substituents is 1. The molecule has 0 atom stereocenters. The van der Waals surface area contributed by atoms with Crippen LogP contribution in [0.4, 0.5) is 0 Å². The molecule has 5 nitrogen and oxygen atoms in total. The van der Waals surface area contributed by atoms with Crippen molar-refractivity contribution in [2.75, 3.05) is 7.11 Å². The summed E-state index contributed by atoms with van der Waals surface area (Å²) in [6.45, 7) is 0. The molecule has 1 aromatic heterocycles. The molecule has 2 rings (SSSR count). The van der Waals surface area contributed by atoms with E-state index in [1.54, 1.807) is 12.1 Å². The van der Waals surface area contributed by atoms with Gasteiger partial charge in [-0.2, -0.15) is 10.2 Å². The number of ether oxygens (including phenoxy) is 1. The maximum atomic E-state index is 10.7. The summed E-state index contributed by atoms with van der Waals surface area (Å²) in [4.78, 5) is 10.7. The van der Waals surface area contributed by atoms with Gasteiger partial charge in [0.25, 0.3) is 0 Å². The minimum absolute atomic E-state index is 0.0400. The van der Waals surface area contributed by atoms with Gasteiger partial charge in [-0.1, -0.05) is 0 Å². The molecule has 0 aliphatic rings. The number of methoxy groups -OCH3 is 1. The van der Waals surface area contributed by atoms with Gasteiger partial charge in [0.2, 0.25) is 0 Å². The van der Waals surface area contributed by atoms with Gasteiger partial charge in [-0.25, -0.2) is 0 Å². The van der Waals surface area contributed by atoms with Crippen molar-refractivity contribution in [1.29, 1.82) is 0 Å². The topological polar surface area (TPSA) is 72.3 Å². The average molecular weight is 230 g/mol. The summed E-state index contributed by atoms with van der Waals surface area (Å²) in [5, 5.41) is 17.4. The van der Waals surface area contributed by atoms with Gasteiger partial charge < -0.3 is 9.84 Å². The maximum Gasteiger partial charge on any atom is 0.150 e. The third-order valence-corrected chi connectivity index (χ3v) is 2.30. The van der Waals surface area contributed by atoms with Crippen molar-refractivity contribution in [3.8, 4) is 22.8 Å². The molecule has 0 fully saturated rings. The van der Waals surface area contributed by atoms with Crippen LogP contribution in [0.15, 0.2) is 30.5 Å². The van der Waals surface area contributed by atoms with Crippen LogP contribution in [0.25, 0.3) is 11.3 Å². The predicted octanol–water partition coefficient (Wildman–Crippen LogP) is 1.67. The predicted molar refractivity (Wildman–Crippen MR) is 61.1 cm³/mol. The molecular formula is C12H10N2O3. The number of nitrogens with zero attached hydrogens (tertiary/aromatic N) is 2. The maximum absolute atomic E-state index is 10.7. The van der Waals surface area contributed by atoms with Gasteiger partial charge in [0.05, 0.1) is 13.3 Å². The zero-order chi connectivity index (χ0) is 12.3. The molecule has 2 aromatic rings. The number of carbonyl (C=O) groups excluding carboxylic acids is 1. The second kappa shape index (κ2) is 4.61. The molecule has 0 unspecified atom stereocenters. The molecule has 0 radical (unpaired) electrons. The second-order valence-electron chi connectivity index (χ2n) is 3.38. The van der Waals surface area contributed by atoms with Gasteiger partial charge in [0, 0.05) is 17.2 Å². The van der Waals surface area contributed by atoms with E-state index in [0.717, 1.165) is 0 Å². The normalized spacial score (nSPS) is 9.94. The molecule has 0 spiro atoms. The molecule has 86 valence electrons. The van der Waals surface area contributed by atoms with E-state index >= 15 is 0 Å². The largest absolute Gasteiger partial charge is 0.507 e. The Balaban J connectivity index is 2.54. The van der Waals surface area contributed by atoms with Crippen LogP contribution >= 0.6 is 0 Å². The number of carbonyl (C=O) groups is 1. The number of benzene rings is 1. The van der Waals surface area contributed by atoms with Crippen molar-refractivity contribution in [2.45, 2.75) is 0 Å². The minimum Gasteiger partial charge on any atom is -0.507 e. The van der Waals surface area contributed by atoms with Gasteiger partial charge in [-0.15, -0.1) is 0 Å². The van der Waals surface area contributed by atoms with Crippen LogP contribution in [0.5, 0.6) is 11.5 Å². The molecule has 5 heteroatoms. The second-order valence-corrected chi connectivity index (χ2v) is 3.38. The zero-order valence-corrected chi connectivity index (χ0v) is 9.12. The Morgan fingerprint density at radius 1 is 1.35 bits per heavy atom. The fraction of sp³-hybridized carbons (Fsp3) is 0.0833. The van der Waals surface area contributed by atoms with Crippen molar-refractivity contribution in [1.82, 2.24) is 10.2 Å². The highest BCUT2D eigenvalue weighted by molar-refractivity contribution is 5.80. The van der Waals surface area contributed by atoms with Crippen LogP contribution in [0.2, 0.25) is 0 Å². The van der Waals surface area contributed by atoms with Crippen LogP contribution in [0, 0.1) is 0 Å². The highest BCUT2D eigenvalue weighted by atomic mass is 16.5. The van der Waals surface area contributed by atoms with Gasteiger partial charge in [0.1, 0.15) is 23.5 Å². The quantitative estimate of drug-likeness (QED) is 0.812. The van der Waals surface area contributed by atoms with E-state index < -0.39 is 0 Å². The first-order chi connectivity index (χ1) is 8.24. The van der Waals surface area contributed by atoms with E-state index in [1.165, 1.54) is 25.4 Å². The zero-order valence-electron chi connectivity index (χ0n) is 9.12. The lowest BCUT2D eigenvalue weighted by Crippen LogP contribution is -1.92. The van der Waals surface area contributed by atoms with Crippen LogP contribution in [-0.2, 0) is 0 Å². The number of hydrogen-bond donors (Lipinski definition) is 1. The Kier molecular flexibility index (Phi) is 3.00. The summed E-state index contributed by atoms with van der Waals surface area (Å²) in [5.41, 5.74) is 1.36. The van der Waals surface area contributed by atoms with E-state index in [1.807, 2.05) is 0 Å². The number of aldehydes is 1. The SMILES string of the molecule is COc1cnnc(-c2cc(C=O)ccc2O)c1. The number of rotatable bonds is 3. The highest BCUT2D eigenvalue weighted by Crippen LogP contribution is 2.29. The first-order valence-corrected chi connectivity index (χ1v) is 4.90. The van der Waals surface area contributed by atoms with Gasteiger partial charge >= 0.3 is 0 Å². The molecular weight excluding hydrogens is 220 g/mol. The van der Waals surface area contributed by atoms with Gasteiger partial charge in [0.15, 0.2) is 0 Å². The fourth-order valence-electron chi connectivity index (χ4n) is 1.42. The van der Waals surface area contributed by atoms with E-state index in [4.69, 9.17) is 4.74 Å². The molecule has 1 N–H and O–H groups in total. The van der Waals surface area contributed by atoms with Crippen LogP contribution < -0.4 is 4.74 Å². The molecule has 1 aromatic carbocycles. The standard InChI is InChI=1S/C12H10N2O3/c1-17-9-5-11(14-13-6-9)10-4-8(7-15)2-3-12(10)16/h2-7,16H,1H3. The Morgan fingerprint density at radius 2 is 2.18 bits per heavy atom. The van der Waals surface area contributed by atoms with E-state index in [2.05, 4.69) is 10.2 Å². The van der Waals surface area contributed by atoms with E-state index in [0.29, 0.717) is 28.9 Å². The lowest BCUT2D eigenvalue weighted by molar-refractivity contribution is 0.112. The third-order valence-electron chi connectivity index (χ3n) is 2.30. The average Bonchev–Trinajstić information content (AvgIpc) is 2.39. The summed E-state index contributed by atoms with van der Waals surface area (Å²) in [6, 6.07) is 6.15. The van der Waals surface area contributed by atoms with Crippen LogP contribution in [-0.4, -0.2) is 28.7 Å². The lowest BCUT2D eigenvalue weighted by atomic mass is 10.1. The van der Waals surface area contributed by atoms with Crippen LogP contribution in [0.3, 0.4) is 0 Å². The Bertz CT molecular complexity index is 555. The molecule has 0 aliphatic carbocycles. The highest BCUT2D eigenvalue weighted by Gasteiger charge is 2.08. The summed E-state index contributed by atoms with van der Waals surface area (Å²) < 4.78 is 5.02. The first-order valence-electron chi connectivity index (χ1n) is 4.90. The molecule has 0 amide bonds. The number of aromatic nitrogens is 2. The van der Waals surface area contributed by atoms with E-state index in [-0.39, 0.29) is 5.75 Å². The summed E-state index contributed by atoms with van der Waals surface area (Å²) in [7, 11) is 1.52. The Morgan fingerprint density at radius 3 is 2.88 bits per heavy atom. The summed E-state index contributed by atoms with van der Waals surface area (Å²) in [5.74, 6) is 0.573. The van der Waals surface area contributed by atoms with Crippen molar-refractivity contribution >= 4 is 6.29 Å². The minimum atomic E-state index is 0.0400.